The highest BCUT2D eigenvalue weighted by Gasteiger charge is 2.04. The smallest absolute Gasteiger partial charge is 0.147 e. The fourth-order valence-corrected chi connectivity index (χ4v) is 2.29. The van der Waals surface area contributed by atoms with Crippen LogP contribution in [0.3, 0.4) is 0 Å². The Labute approximate surface area is 126 Å². The second kappa shape index (κ2) is 6.60. The normalized spacial score (nSPS) is 10.1. The molecule has 0 aliphatic carbocycles. The Morgan fingerprint density at radius 2 is 1.95 bits per heavy atom. The summed E-state index contributed by atoms with van der Waals surface area (Å²) in [5.74, 6) is -0.439. The number of benzene rings is 2. The van der Waals surface area contributed by atoms with Crippen LogP contribution in [0.5, 0.6) is 0 Å². The van der Waals surface area contributed by atoms with E-state index in [1.54, 1.807) is 24.3 Å². The minimum atomic E-state index is -0.439. The molecule has 0 amide bonds. The van der Waals surface area contributed by atoms with Crippen LogP contribution in [0, 0.1) is 17.1 Å². The first-order valence-corrected chi connectivity index (χ1v) is 6.73. The van der Waals surface area contributed by atoms with Crippen molar-refractivity contribution in [2.24, 2.45) is 0 Å². The van der Waals surface area contributed by atoms with Gasteiger partial charge in [0.2, 0.25) is 0 Å². The average Bonchev–Trinajstić information content (AvgIpc) is 2.42. The number of halogens is 3. The number of rotatable bonds is 4. The van der Waals surface area contributed by atoms with Crippen LogP contribution in [0.1, 0.15) is 11.1 Å². The van der Waals surface area contributed by atoms with Gasteiger partial charge in [-0.2, -0.15) is 5.26 Å². The summed E-state index contributed by atoms with van der Waals surface area (Å²) in [6.07, 6.45) is 0.648. The topological polar surface area (TPSA) is 35.8 Å². The highest BCUT2D eigenvalue weighted by molar-refractivity contribution is 6.35. The van der Waals surface area contributed by atoms with Crippen molar-refractivity contribution in [3.05, 3.63) is 63.4 Å². The Kier molecular flexibility index (Phi) is 4.84. The molecule has 2 aromatic carbocycles. The lowest BCUT2D eigenvalue weighted by Crippen LogP contribution is -2.06. The minimum absolute atomic E-state index is 0.300. The van der Waals surface area contributed by atoms with Gasteiger partial charge < -0.3 is 5.32 Å². The van der Waals surface area contributed by atoms with E-state index in [9.17, 15) is 4.39 Å². The standard InChI is InChI=1S/C15H11Cl2FN2/c16-12-3-2-11(13(17)8-12)5-6-20-15-4-1-10(9-19)7-14(15)18/h1-4,7-8,20H,5-6H2. The molecule has 0 saturated carbocycles. The molecule has 102 valence electrons. The SMILES string of the molecule is N#Cc1ccc(NCCc2ccc(Cl)cc2Cl)c(F)c1. The second-order valence-electron chi connectivity index (χ2n) is 4.22. The van der Waals surface area contributed by atoms with E-state index in [2.05, 4.69) is 5.32 Å². The molecular weight excluding hydrogens is 298 g/mol. The van der Waals surface area contributed by atoms with Gasteiger partial charge in [-0.3, -0.25) is 0 Å². The van der Waals surface area contributed by atoms with Gasteiger partial charge >= 0.3 is 0 Å². The molecule has 0 saturated heterocycles. The third kappa shape index (κ3) is 3.63. The largest absolute Gasteiger partial charge is 0.382 e. The summed E-state index contributed by atoms with van der Waals surface area (Å²) in [6.45, 7) is 0.532. The van der Waals surface area contributed by atoms with E-state index < -0.39 is 5.82 Å². The summed E-state index contributed by atoms with van der Waals surface area (Å²) >= 11 is 11.9. The lowest BCUT2D eigenvalue weighted by Gasteiger charge is -2.09. The predicted octanol–water partition coefficient (Wildman–Crippen LogP) is 4.66. The molecule has 0 radical (unpaired) electrons. The molecule has 5 heteroatoms. The first-order chi connectivity index (χ1) is 9.60. The van der Waals surface area contributed by atoms with Crippen molar-refractivity contribution >= 4 is 28.9 Å². The van der Waals surface area contributed by atoms with Gasteiger partial charge in [0.05, 0.1) is 17.3 Å². The molecule has 0 aliphatic heterocycles. The maximum absolute atomic E-state index is 13.6. The summed E-state index contributed by atoms with van der Waals surface area (Å²) in [6, 6.07) is 11.5. The summed E-state index contributed by atoms with van der Waals surface area (Å²) in [5, 5.41) is 12.8. The first-order valence-electron chi connectivity index (χ1n) is 5.97. The average molecular weight is 309 g/mol. The third-order valence-electron chi connectivity index (χ3n) is 2.82. The molecule has 2 rings (SSSR count). The third-order valence-corrected chi connectivity index (χ3v) is 3.41. The molecule has 0 spiro atoms. The summed E-state index contributed by atoms with van der Waals surface area (Å²) in [4.78, 5) is 0. The Balaban J connectivity index is 1.98. The summed E-state index contributed by atoms with van der Waals surface area (Å²) in [7, 11) is 0. The van der Waals surface area contributed by atoms with Gasteiger partial charge in [-0.15, -0.1) is 0 Å². The van der Waals surface area contributed by atoms with Crippen molar-refractivity contribution in [1.82, 2.24) is 0 Å². The van der Waals surface area contributed by atoms with Gasteiger partial charge in [0.1, 0.15) is 5.82 Å². The van der Waals surface area contributed by atoms with Crippen LogP contribution in [0.4, 0.5) is 10.1 Å². The molecule has 0 atom stereocenters. The molecule has 2 aromatic rings. The van der Waals surface area contributed by atoms with E-state index >= 15 is 0 Å². The van der Waals surface area contributed by atoms with Crippen molar-refractivity contribution < 1.29 is 4.39 Å². The van der Waals surface area contributed by atoms with E-state index in [1.807, 2.05) is 12.1 Å². The minimum Gasteiger partial charge on any atom is -0.382 e. The molecule has 0 aliphatic rings. The summed E-state index contributed by atoms with van der Waals surface area (Å²) in [5.41, 5.74) is 1.61. The lowest BCUT2D eigenvalue weighted by molar-refractivity contribution is 0.629. The van der Waals surface area contributed by atoms with Gasteiger partial charge in [0.15, 0.2) is 0 Å². The Bertz CT molecular complexity index is 665. The molecule has 0 aromatic heterocycles. The van der Waals surface area contributed by atoms with Crippen molar-refractivity contribution in [2.45, 2.75) is 6.42 Å². The van der Waals surface area contributed by atoms with E-state index in [-0.39, 0.29) is 0 Å². The number of nitriles is 1. The van der Waals surface area contributed by atoms with Crippen LogP contribution in [0.15, 0.2) is 36.4 Å². The number of hydrogen-bond donors (Lipinski definition) is 1. The predicted molar refractivity (Wildman–Crippen MR) is 79.8 cm³/mol. The maximum Gasteiger partial charge on any atom is 0.147 e. The molecule has 0 bridgehead atoms. The molecule has 2 nitrogen and oxygen atoms in total. The highest BCUT2D eigenvalue weighted by atomic mass is 35.5. The quantitative estimate of drug-likeness (QED) is 0.891. The van der Waals surface area contributed by atoms with Crippen molar-refractivity contribution in [1.29, 1.82) is 5.26 Å². The summed E-state index contributed by atoms with van der Waals surface area (Å²) < 4.78 is 13.6. The lowest BCUT2D eigenvalue weighted by atomic mass is 10.1. The zero-order valence-electron chi connectivity index (χ0n) is 10.5. The van der Waals surface area contributed by atoms with Gasteiger partial charge in [-0.05, 0) is 42.3 Å². The fraction of sp³-hybridized carbons (Fsp3) is 0.133. The maximum atomic E-state index is 13.6. The fourth-order valence-electron chi connectivity index (χ4n) is 1.78. The van der Waals surface area contributed by atoms with E-state index in [0.29, 0.717) is 34.3 Å². The number of nitrogens with one attached hydrogen (secondary N) is 1. The van der Waals surface area contributed by atoms with Crippen LogP contribution in [0.25, 0.3) is 0 Å². The molecule has 0 fully saturated rings. The Morgan fingerprint density at radius 3 is 2.60 bits per heavy atom. The second-order valence-corrected chi connectivity index (χ2v) is 5.06. The number of hydrogen-bond acceptors (Lipinski definition) is 2. The molecular formula is C15H11Cl2FN2. The van der Waals surface area contributed by atoms with Gasteiger partial charge in [-0.25, -0.2) is 4.39 Å². The Hall–Kier alpha value is -1.76. The van der Waals surface area contributed by atoms with Gasteiger partial charge in [0, 0.05) is 16.6 Å². The number of anilines is 1. The van der Waals surface area contributed by atoms with E-state index in [4.69, 9.17) is 28.5 Å². The zero-order chi connectivity index (χ0) is 14.5. The van der Waals surface area contributed by atoms with Crippen LogP contribution >= 0.6 is 23.2 Å². The van der Waals surface area contributed by atoms with Crippen molar-refractivity contribution in [3.63, 3.8) is 0 Å². The van der Waals surface area contributed by atoms with E-state index in [1.165, 1.54) is 6.07 Å². The molecule has 1 N–H and O–H groups in total. The molecule has 0 heterocycles. The van der Waals surface area contributed by atoms with Crippen LogP contribution in [-0.4, -0.2) is 6.54 Å². The Morgan fingerprint density at radius 1 is 1.15 bits per heavy atom. The van der Waals surface area contributed by atoms with Crippen LogP contribution in [-0.2, 0) is 6.42 Å². The van der Waals surface area contributed by atoms with Crippen molar-refractivity contribution in [3.8, 4) is 6.07 Å². The monoisotopic (exact) mass is 308 g/mol. The molecule has 20 heavy (non-hydrogen) atoms. The van der Waals surface area contributed by atoms with Crippen LogP contribution in [0.2, 0.25) is 10.0 Å². The van der Waals surface area contributed by atoms with Crippen LogP contribution < -0.4 is 5.32 Å². The van der Waals surface area contributed by atoms with E-state index in [0.717, 1.165) is 5.56 Å². The van der Waals surface area contributed by atoms with Gasteiger partial charge in [-0.1, -0.05) is 29.3 Å². The van der Waals surface area contributed by atoms with Gasteiger partial charge in [0.25, 0.3) is 0 Å². The number of nitrogens with zero attached hydrogens (tertiary/aromatic N) is 1. The zero-order valence-corrected chi connectivity index (χ0v) is 12.0. The molecule has 0 unspecified atom stereocenters. The highest BCUT2D eigenvalue weighted by Crippen LogP contribution is 2.22. The first kappa shape index (κ1) is 14.6. The van der Waals surface area contributed by atoms with Crippen molar-refractivity contribution in [2.75, 3.05) is 11.9 Å².